The van der Waals surface area contributed by atoms with Gasteiger partial charge >= 0.3 is 0 Å². The second-order valence-electron chi connectivity index (χ2n) is 5.52. The van der Waals surface area contributed by atoms with Crippen molar-refractivity contribution in [3.8, 4) is 5.75 Å². The summed E-state index contributed by atoms with van der Waals surface area (Å²) in [4.78, 5) is 2.05. The monoisotopic (exact) mass is 312 g/mol. The van der Waals surface area contributed by atoms with Crippen LogP contribution in [0, 0.1) is 5.82 Å². The lowest BCUT2D eigenvalue weighted by atomic mass is 10.2. The molecular weight excluding hydrogens is 291 g/mol. The van der Waals surface area contributed by atoms with Crippen LogP contribution in [0.2, 0.25) is 0 Å². The minimum atomic E-state index is -0.697. The van der Waals surface area contributed by atoms with Gasteiger partial charge < -0.3 is 19.5 Å². The maximum absolute atomic E-state index is 14.3. The molecule has 0 saturated carbocycles. The zero-order valence-electron chi connectivity index (χ0n) is 12.0. The van der Waals surface area contributed by atoms with Gasteiger partial charge in [-0.05, 0) is 12.1 Å². The summed E-state index contributed by atoms with van der Waals surface area (Å²) in [6, 6.07) is 5.12. The summed E-state index contributed by atoms with van der Waals surface area (Å²) in [6.45, 7) is 3.42. The summed E-state index contributed by atoms with van der Waals surface area (Å²) in [5.41, 5.74) is 0.647. The van der Waals surface area contributed by atoms with Gasteiger partial charge in [0.25, 0.3) is 0 Å². The molecule has 2 fully saturated rings. The van der Waals surface area contributed by atoms with E-state index in [9.17, 15) is 8.94 Å². The molecule has 21 heavy (non-hydrogen) atoms. The summed E-state index contributed by atoms with van der Waals surface area (Å²) in [5, 5.41) is 3.26. The third-order valence-corrected chi connectivity index (χ3v) is 5.40. The van der Waals surface area contributed by atoms with E-state index in [0.29, 0.717) is 22.9 Å². The van der Waals surface area contributed by atoms with Gasteiger partial charge in [-0.2, -0.15) is 0 Å². The molecule has 0 aliphatic carbocycles. The Morgan fingerprint density at radius 3 is 2.62 bits per heavy atom. The Balaban J connectivity index is 1.63. The first-order valence-corrected chi connectivity index (χ1v) is 8.98. The van der Waals surface area contributed by atoms with Crippen molar-refractivity contribution < 1.29 is 13.7 Å². The van der Waals surface area contributed by atoms with Crippen molar-refractivity contribution in [3.63, 3.8) is 0 Å². The number of hydrogen-bond donors (Lipinski definition) is 1. The van der Waals surface area contributed by atoms with Crippen LogP contribution in [0.25, 0.3) is 0 Å². The Hall–Kier alpha value is -0.980. The molecule has 0 amide bonds. The smallest absolute Gasteiger partial charge is 0.150 e. The Bertz CT molecular complexity index is 475. The van der Waals surface area contributed by atoms with E-state index in [-0.39, 0.29) is 11.9 Å². The fourth-order valence-corrected chi connectivity index (χ4v) is 4.06. The van der Waals surface area contributed by atoms with E-state index in [2.05, 4.69) is 10.2 Å². The van der Waals surface area contributed by atoms with Crippen LogP contribution in [0.4, 0.5) is 10.1 Å². The molecule has 0 unspecified atom stereocenters. The second kappa shape index (κ2) is 6.85. The Kier molecular flexibility index (Phi) is 4.87. The number of benzene rings is 1. The van der Waals surface area contributed by atoms with E-state index in [4.69, 9.17) is 4.74 Å². The lowest BCUT2D eigenvalue weighted by Crippen LogP contribution is -2.43. The van der Waals surface area contributed by atoms with Gasteiger partial charge in [-0.3, -0.25) is 0 Å². The minimum absolute atomic E-state index is 0.0622. The normalized spacial score (nSPS) is 26.7. The number of nitrogens with zero attached hydrogens (tertiary/aromatic N) is 1. The molecule has 2 heterocycles. The number of rotatable bonds is 3. The van der Waals surface area contributed by atoms with Gasteiger partial charge in [-0.25, -0.2) is 4.39 Å². The van der Waals surface area contributed by atoms with E-state index < -0.39 is 11.2 Å². The fourth-order valence-electron chi connectivity index (χ4n) is 2.81. The van der Waals surface area contributed by atoms with Crippen LogP contribution in [-0.2, 0) is 11.2 Å². The average Bonchev–Trinajstić information content (AvgIpc) is 2.51. The zero-order valence-corrected chi connectivity index (χ0v) is 12.8. The predicted molar refractivity (Wildman–Crippen MR) is 83.0 cm³/mol. The highest BCUT2D eigenvalue weighted by Gasteiger charge is 2.23. The average molecular weight is 312 g/mol. The van der Waals surface area contributed by atoms with E-state index in [1.54, 1.807) is 6.07 Å². The van der Waals surface area contributed by atoms with Crippen molar-refractivity contribution in [3.05, 3.63) is 24.0 Å². The quantitative estimate of drug-likeness (QED) is 0.860. The summed E-state index contributed by atoms with van der Waals surface area (Å²) >= 11 is -0.697. The number of nitrogens with one attached hydrogen (secondary N) is 1. The molecular formula is C15H21FN2O2S. The molecule has 2 aliphatic heterocycles. The molecule has 0 bridgehead atoms. The molecule has 4 nitrogen and oxygen atoms in total. The summed E-state index contributed by atoms with van der Waals surface area (Å²) in [5.74, 6) is 1.72. The highest BCUT2D eigenvalue weighted by atomic mass is 32.2. The van der Waals surface area contributed by atoms with Crippen molar-refractivity contribution in [2.75, 3.05) is 42.6 Å². The molecule has 1 aromatic rings. The number of hydrogen-bond acceptors (Lipinski definition) is 4. The third-order valence-electron chi connectivity index (χ3n) is 4.01. The van der Waals surface area contributed by atoms with E-state index in [1.807, 2.05) is 6.07 Å². The van der Waals surface area contributed by atoms with Crippen molar-refractivity contribution in [1.82, 2.24) is 5.32 Å². The maximum Gasteiger partial charge on any atom is 0.150 e. The zero-order chi connectivity index (χ0) is 14.7. The first-order chi connectivity index (χ1) is 10.2. The molecule has 1 aromatic carbocycles. The SMILES string of the molecule is [O-][S@+]1CC[C@@H](Oc2ccc(N3CCNCC3)c(F)c2)CC1. The standard InChI is InChI=1S/C15H21FN2O2S/c16-14-11-13(20-12-3-9-21(19)10-4-12)1-2-15(14)18-7-5-17-6-8-18/h1-2,11-12,17H,3-10H2/t12-,21-. The lowest BCUT2D eigenvalue weighted by Gasteiger charge is -2.30. The molecule has 3 rings (SSSR count). The van der Waals surface area contributed by atoms with Crippen LogP contribution in [0.15, 0.2) is 18.2 Å². The topological polar surface area (TPSA) is 47.6 Å². The number of piperazine rings is 1. The van der Waals surface area contributed by atoms with Gasteiger partial charge in [0.05, 0.1) is 5.69 Å². The Morgan fingerprint density at radius 2 is 1.95 bits per heavy atom. The highest BCUT2D eigenvalue weighted by molar-refractivity contribution is 7.91. The third kappa shape index (κ3) is 3.81. The van der Waals surface area contributed by atoms with Crippen LogP contribution < -0.4 is 15.0 Å². The fraction of sp³-hybridized carbons (Fsp3) is 0.600. The first kappa shape index (κ1) is 14.9. The number of halogens is 1. The molecule has 1 N–H and O–H groups in total. The lowest BCUT2D eigenvalue weighted by molar-refractivity contribution is 0.189. The molecule has 116 valence electrons. The van der Waals surface area contributed by atoms with Crippen LogP contribution >= 0.6 is 0 Å². The molecule has 0 radical (unpaired) electrons. The molecule has 0 aromatic heterocycles. The van der Waals surface area contributed by atoms with Gasteiger partial charge in [0.2, 0.25) is 0 Å². The van der Waals surface area contributed by atoms with Crippen LogP contribution in [0.5, 0.6) is 5.75 Å². The number of anilines is 1. The minimum Gasteiger partial charge on any atom is -0.616 e. The van der Waals surface area contributed by atoms with Gasteiger partial charge in [0.1, 0.15) is 29.2 Å². The number of ether oxygens (including phenoxy) is 1. The second-order valence-corrected chi connectivity index (χ2v) is 7.21. The Labute approximate surface area is 127 Å². The van der Waals surface area contributed by atoms with Crippen molar-refractivity contribution >= 4 is 16.9 Å². The molecule has 2 aliphatic rings. The van der Waals surface area contributed by atoms with Gasteiger partial charge in [-0.1, -0.05) is 11.2 Å². The van der Waals surface area contributed by atoms with E-state index in [0.717, 1.165) is 39.0 Å². The molecule has 0 spiro atoms. The van der Waals surface area contributed by atoms with E-state index >= 15 is 0 Å². The van der Waals surface area contributed by atoms with Crippen LogP contribution in [0.1, 0.15) is 12.8 Å². The highest BCUT2D eigenvalue weighted by Crippen LogP contribution is 2.26. The molecule has 6 heteroatoms. The van der Waals surface area contributed by atoms with Gasteiger partial charge in [-0.15, -0.1) is 0 Å². The first-order valence-electron chi connectivity index (χ1n) is 7.49. The van der Waals surface area contributed by atoms with Crippen molar-refractivity contribution in [1.29, 1.82) is 0 Å². The molecule has 2 saturated heterocycles. The summed E-state index contributed by atoms with van der Waals surface area (Å²) in [7, 11) is 0. The van der Waals surface area contributed by atoms with E-state index in [1.165, 1.54) is 6.07 Å². The van der Waals surface area contributed by atoms with Gasteiger partial charge in [0.15, 0.2) is 0 Å². The largest absolute Gasteiger partial charge is 0.616 e. The van der Waals surface area contributed by atoms with Crippen LogP contribution in [0.3, 0.4) is 0 Å². The summed E-state index contributed by atoms with van der Waals surface area (Å²) < 4.78 is 31.4. The van der Waals surface area contributed by atoms with Crippen LogP contribution in [-0.4, -0.2) is 48.3 Å². The molecule has 0 atom stereocenters. The predicted octanol–water partition coefficient (Wildman–Crippen LogP) is 1.53. The van der Waals surface area contributed by atoms with Gasteiger partial charge in [0, 0.05) is 45.1 Å². The Morgan fingerprint density at radius 1 is 1.24 bits per heavy atom. The maximum atomic E-state index is 14.3. The van der Waals surface area contributed by atoms with Crippen molar-refractivity contribution in [2.24, 2.45) is 0 Å². The van der Waals surface area contributed by atoms with Crippen molar-refractivity contribution in [2.45, 2.75) is 18.9 Å². The summed E-state index contributed by atoms with van der Waals surface area (Å²) in [6.07, 6.45) is 1.63.